The summed E-state index contributed by atoms with van der Waals surface area (Å²) in [5, 5.41) is 13.4. The molecule has 30 heavy (non-hydrogen) atoms. The van der Waals surface area contributed by atoms with Crippen molar-refractivity contribution in [1.82, 2.24) is 15.3 Å². The third kappa shape index (κ3) is 6.22. The van der Waals surface area contributed by atoms with E-state index in [4.69, 9.17) is 14.2 Å². The summed E-state index contributed by atoms with van der Waals surface area (Å²) in [5.41, 5.74) is 2.10. The average Bonchev–Trinajstić information content (AvgIpc) is 3.21. The summed E-state index contributed by atoms with van der Waals surface area (Å²) in [6.07, 6.45) is 1.93. The van der Waals surface area contributed by atoms with Crippen LogP contribution in [0.2, 0.25) is 0 Å². The quantitative estimate of drug-likeness (QED) is 0.368. The summed E-state index contributed by atoms with van der Waals surface area (Å²) in [6.45, 7) is 1.40. The number of imidazole rings is 1. The lowest BCUT2D eigenvalue weighted by molar-refractivity contribution is 0.106. The summed E-state index contributed by atoms with van der Waals surface area (Å²) in [7, 11) is 3.24. The van der Waals surface area contributed by atoms with Crippen molar-refractivity contribution < 1.29 is 19.3 Å². The maximum absolute atomic E-state index is 10.1. The molecule has 160 valence electrons. The zero-order chi connectivity index (χ0) is 21.3. The number of aromatic nitrogens is 2. The molecule has 3 aromatic rings. The highest BCUT2D eigenvalue weighted by Gasteiger charge is 2.08. The summed E-state index contributed by atoms with van der Waals surface area (Å²) in [6, 6.07) is 13.4. The second-order valence-corrected chi connectivity index (χ2v) is 7.57. The lowest BCUT2D eigenvalue weighted by atomic mass is 10.1. The van der Waals surface area contributed by atoms with E-state index >= 15 is 0 Å². The van der Waals surface area contributed by atoms with Crippen molar-refractivity contribution in [2.75, 3.05) is 33.9 Å². The van der Waals surface area contributed by atoms with Crippen LogP contribution in [0.15, 0.2) is 53.3 Å². The molecule has 0 saturated heterocycles. The van der Waals surface area contributed by atoms with Gasteiger partial charge < -0.3 is 29.6 Å². The van der Waals surface area contributed by atoms with Crippen LogP contribution in [0.3, 0.4) is 0 Å². The van der Waals surface area contributed by atoms with Gasteiger partial charge in [0.1, 0.15) is 28.9 Å². The molecule has 1 aromatic heterocycles. The maximum atomic E-state index is 10.1. The molecule has 0 aliphatic heterocycles. The molecule has 8 heteroatoms. The van der Waals surface area contributed by atoms with Gasteiger partial charge in [-0.15, -0.1) is 0 Å². The number of H-pyrrole nitrogens is 1. The fraction of sp³-hybridized carbons (Fsp3) is 0.318. The van der Waals surface area contributed by atoms with Gasteiger partial charge in [-0.3, -0.25) is 0 Å². The highest BCUT2D eigenvalue weighted by Crippen LogP contribution is 2.27. The topological polar surface area (TPSA) is 88.6 Å². The first-order valence-corrected chi connectivity index (χ1v) is 10.4. The molecule has 1 heterocycles. The highest BCUT2D eigenvalue weighted by molar-refractivity contribution is 9.10. The predicted molar refractivity (Wildman–Crippen MR) is 119 cm³/mol. The molecule has 0 unspecified atom stereocenters. The lowest BCUT2D eigenvalue weighted by Gasteiger charge is -2.14. The van der Waals surface area contributed by atoms with Gasteiger partial charge in [-0.2, -0.15) is 0 Å². The summed E-state index contributed by atoms with van der Waals surface area (Å²) >= 11 is 3.35. The number of aromatic amines is 1. The average molecular weight is 476 g/mol. The van der Waals surface area contributed by atoms with E-state index in [9.17, 15) is 5.11 Å². The van der Waals surface area contributed by atoms with Crippen LogP contribution in [-0.4, -0.2) is 55.1 Å². The first-order chi connectivity index (χ1) is 14.6. The van der Waals surface area contributed by atoms with Gasteiger partial charge >= 0.3 is 0 Å². The SMILES string of the molecule is COc1ccc(CCNC[C@H](O)COc2ccc(-c3ncc(Br)[nH]3)cc2)cc1OC. The maximum Gasteiger partial charge on any atom is 0.160 e. The number of hydrogen-bond donors (Lipinski definition) is 3. The van der Waals surface area contributed by atoms with Crippen LogP contribution >= 0.6 is 15.9 Å². The van der Waals surface area contributed by atoms with Crippen LogP contribution in [0.5, 0.6) is 17.2 Å². The largest absolute Gasteiger partial charge is 0.493 e. The molecule has 0 saturated carbocycles. The molecular formula is C22H26BrN3O4. The van der Waals surface area contributed by atoms with Crippen LogP contribution in [-0.2, 0) is 6.42 Å². The van der Waals surface area contributed by atoms with Crippen LogP contribution in [0.25, 0.3) is 11.4 Å². The van der Waals surface area contributed by atoms with Gasteiger partial charge in [0, 0.05) is 12.1 Å². The van der Waals surface area contributed by atoms with E-state index in [1.54, 1.807) is 20.4 Å². The molecule has 2 aromatic carbocycles. The number of benzene rings is 2. The Hall–Kier alpha value is -2.55. The van der Waals surface area contributed by atoms with Gasteiger partial charge in [0.25, 0.3) is 0 Å². The number of rotatable bonds is 11. The summed E-state index contributed by atoms with van der Waals surface area (Å²) < 4.78 is 17.1. The minimum absolute atomic E-state index is 0.217. The molecular weight excluding hydrogens is 450 g/mol. The number of hydrogen-bond acceptors (Lipinski definition) is 6. The third-order valence-corrected chi connectivity index (χ3v) is 4.94. The first-order valence-electron chi connectivity index (χ1n) is 9.62. The van der Waals surface area contributed by atoms with E-state index in [0.717, 1.165) is 34.5 Å². The summed E-state index contributed by atoms with van der Waals surface area (Å²) in [4.78, 5) is 7.38. The minimum Gasteiger partial charge on any atom is -0.493 e. The van der Waals surface area contributed by atoms with Gasteiger partial charge in [0.15, 0.2) is 11.5 Å². The molecule has 3 N–H and O–H groups in total. The zero-order valence-corrected chi connectivity index (χ0v) is 18.6. The van der Waals surface area contributed by atoms with Crippen molar-refractivity contribution in [3.05, 3.63) is 58.8 Å². The number of ether oxygens (including phenoxy) is 3. The molecule has 0 fully saturated rings. The number of nitrogens with zero attached hydrogens (tertiary/aromatic N) is 1. The van der Waals surface area contributed by atoms with E-state index in [0.29, 0.717) is 23.8 Å². The smallest absolute Gasteiger partial charge is 0.160 e. The van der Waals surface area contributed by atoms with Crippen LogP contribution in [0.4, 0.5) is 0 Å². The molecule has 0 radical (unpaired) electrons. The molecule has 0 bridgehead atoms. The Bertz CT molecular complexity index is 930. The van der Waals surface area contributed by atoms with Crippen LogP contribution < -0.4 is 19.5 Å². The number of halogens is 1. The van der Waals surface area contributed by atoms with E-state index in [2.05, 4.69) is 31.2 Å². The first kappa shape index (κ1) is 22.1. The molecule has 0 aliphatic carbocycles. The molecule has 1 atom stereocenters. The third-order valence-electron chi connectivity index (χ3n) is 4.53. The second-order valence-electron chi connectivity index (χ2n) is 6.71. The van der Waals surface area contributed by atoms with Crippen molar-refractivity contribution in [3.63, 3.8) is 0 Å². The van der Waals surface area contributed by atoms with Crippen molar-refractivity contribution >= 4 is 15.9 Å². The number of aliphatic hydroxyl groups is 1. The van der Waals surface area contributed by atoms with Gasteiger partial charge in [-0.25, -0.2) is 4.98 Å². The minimum atomic E-state index is -0.601. The number of aliphatic hydroxyl groups excluding tert-OH is 1. The van der Waals surface area contributed by atoms with Crippen molar-refractivity contribution in [1.29, 1.82) is 0 Å². The van der Waals surface area contributed by atoms with Gasteiger partial charge in [0.2, 0.25) is 0 Å². The second kappa shape index (κ2) is 11.0. The molecule has 7 nitrogen and oxygen atoms in total. The van der Waals surface area contributed by atoms with E-state index in [1.165, 1.54) is 0 Å². The van der Waals surface area contributed by atoms with E-state index in [1.807, 2.05) is 42.5 Å². The van der Waals surface area contributed by atoms with Crippen molar-refractivity contribution in [2.45, 2.75) is 12.5 Å². The molecule has 0 aliphatic rings. The van der Waals surface area contributed by atoms with Crippen molar-refractivity contribution in [2.24, 2.45) is 0 Å². The fourth-order valence-electron chi connectivity index (χ4n) is 2.94. The Morgan fingerprint density at radius 1 is 1.10 bits per heavy atom. The Kier molecular flexibility index (Phi) is 8.12. The van der Waals surface area contributed by atoms with Crippen LogP contribution in [0, 0.1) is 0 Å². The van der Waals surface area contributed by atoms with Gasteiger partial charge in [0.05, 0.1) is 20.4 Å². The Morgan fingerprint density at radius 2 is 1.87 bits per heavy atom. The fourth-order valence-corrected chi connectivity index (χ4v) is 3.23. The number of nitrogens with one attached hydrogen (secondary N) is 2. The number of methoxy groups -OCH3 is 2. The van der Waals surface area contributed by atoms with E-state index < -0.39 is 6.10 Å². The molecule has 3 rings (SSSR count). The summed E-state index contributed by atoms with van der Waals surface area (Å²) in [5.74, 6) is 2.92. The zero-order valence-electron chi connectivity index (χ0n) is 17.0. The van der Waals surface area contributed by atoms with E-state index in [-0.39, 0.29) is 6.61 Å². The molecule has 0 spiro atoms. The van der Waals surface area contributed by atoms with Crippen LogP contribution in [0.1, 0.15) is 5.56 Å². The predicted octanol–water partition coefficient (Wildman–Crippen LogP) is 3.43. The van der Waals surface area contributed by atoms with Gasteiger partial charge in [-0.05, 0) is 70.9 Å². The Labute approximate surface area is 184 Å². The monoisotopic (exact) mass is 475 g/mol. The normalized spacial score (nSPS) is 11.9. The molecule has 0 amide bonds. The Morgan fingerprint density at radius 3 is 2.53 bits per heavy atom. The lowest BCUT2D eigenvalue weighted by Crippen LogP contribution is -2.32. The standard InChI is InChI=1S/C22H26BrN3O4/c1-28-19-8-3-15(11-20(19)29-2)9-10-24-12-17(27)14-30-18-6-4-16(5-7-18)22-25-13-21(23)26-22/h3-8,11,13,17,24,27H,9-10,12,14H2,1-2H3,(H,25,26)/t17-/m0/s1. The van der Waals surface area contributed by atoms with Crippen molar-refractivity contribution in [3.8, 4) is 28.6 Å². The Balaban J connectivity index is 1.37. The highest BCUT2D eigenvalue weighted by atomic mass is 79.9. The van der Waals surface area contributed by atoms with Gasteiger partial charge in [-0.1, -0.05) is 6.07 Å².